The van der Waals surface area contributed by atoms with Gasteiger partial charge in [-0.05, 0) is 93.3 Å². The number of amides is 4. The Morgan fingerprint density at radius 1 is 0.783 bits per heavy atom. The number of aryl methyl sites for hydroxylation is 2. The summed E-state index contributed by atoms with van der Waals surface area (Å²) in [6.45, 7) is 4.21. The quantitative estimate of drug-likeness (QED) is 0.0530. The Morgan fingerprint density at radius 2 is 1.35 bits per heavy atom. The zero-order valence-electron chi connectivity index (χ0n) is 26.6. The molecule has 0 saturated heterocycles. The molecule has 0 aromatic heterocycles. The summed E-state index contributed by atoms with van der Waals surface area (Å²) in [5.41, 5.74) is 31.2. The van der Waals surface area contributed by atoms with Crippen molar-refractivity contribution in [3.8, 4) is 5.75 Å². The van der Waals surface area contributed by atoms with Gasteiger partial charge in [-0.3, -0.25) is 24.2 Å². The van der Waals surface area contributed by atoms with Crippen LogP contribution in [0.2, 0.25) is 0 Å². The average molecular weight is 640 g/mol. The van der Waals surface area contributed by atoms with Gasteiger partial charge >= 0.3 is 0 Å². The lowest BCUT2D eigenvalue weighted by Gasteiger charge is -2.26. The van der Waals surface area contributed by atoms with Gasteiger partial charge < -0.3 is 49.7 Å². The van der Waals surface area contributed by atoms with Crippen molar-refractivity contribution in [3.05, 3.63) is 64.7 Å². The summed E-state index contributed by atoms with van der Waals surface area (Å²) in [6, 6.07) is 8.24. The van der Waals surface area contributed by atoms with Crippen LogP contribution in [0.1, 0.15) is 54.4 Å². The van der Waals surface area contributed by atoms with E-state index in [9.17, 15) is 24.3 Å². The number of nitrogens with two attached hydrogens (primary N) is 5. The molecule has 14 nitrogen and oxygen atoms in total. The molecule has 2 aromatic carbocycles. The number of aliphatic imine (C=N–C) groups is 1. The van der Waals surface area contributed by atoms with Crippen molar-refractivity contribution in [2.75, 3.05) is 13.1 Å². The predicted molar refractivity (Wildman–Crippen MR) is 177 cm³/mol. The number of unbranched alkanes of at least 4 members (excludes halogenated alkanes) is 1. The predicted octanol–water partition coefficient (Wildman–Crippen LogP) is -0.756. The van der Waals surface area contributed by atoms with E-state index in [2.05, 4.69) is 20.9 Å². The number of nitrogens with zero attached hydrogens (tertiary/aromatic N) is 1. The molecule has 4 amide bonds. The van der Waals surface area contributed by atoms with E-state index in [1.54, 1.807) is 26.0 Å². The number of aromatic hydroxyl groups is 1. The van der Waals surface area contributed by atoms with Crippen LogP contribution in [-0.2, 0) is 32.0 Å². The molecule has 252 valence electrons. The van der Waals surface area contributed by atoms with E-state index in [1.165, 1.54) is 0 Å². The number of phenols is 1. The minimum atomic E-state index is -1.12. The van der Waals surface area contributed by atoms with Gasteiger partial charge in [-0.2, -0.15) is 0 Å². The van der Waals surface area contributed by atoms with Crippen molar-refractivity contribution in [1.29, 1.82) is 0 Å². The van der Waals surface area contributed by atoms with Gasteiger partial charge in [0.2, 0.25) is 23.6 Å². The highest BCUT2D eigenvalue weighted by Gasteiger charge is 2.30. The monoisotopic (exact) mass is 639 g/mol. The van der Waals surface area contributed by atoms with Gasteiger partial charge in [-0.1, -0.05) is 30.3 Å². The van der Waals surface area contributed by atoms with Crippen LogP contribution in [0.15, 0.2) is 47.5 Å². The second-order valence-corrected chi connectivity index (χ2v) is 11.4. The second kappa shape index (κ2) is 19.0. The fraction of sp³-hybridized carbons (Fsp3) is 0.469. The normalized spacial score (nSPS) is 13.5. The summed E-state index contributed by atoms with van der Waals surface area (Å²) in [5, 5.41) is 18.2. The van der Waals surface area contributed by atoms with E-state index < -0.39 is 47.8 Å². The largest absolute Gasteiger partial charge is 0.508 e. The molecule has 0 heterocycles. The number of benzene rings is 2. The first-order valence-electron chi connectivity index (χ1n) is 15.4. The van der Waals surface area contributed by atoms with Gasteiger partial charge in [-0.25, -0.2) is 0 Å². The molecule has 0 fully saturated rings. The van der Waals surface area contributed by atoms with Crippen LogP contribution in [0.25, 0.3) is 0 Å². The van der Waals surface area contributed by atoms with Gasteiger partial charge in [0, 0.05) is 13.0 Å². The van der Waals surface area contributed by atoms with Gasteiger partial charge in [0.25, 0.3) is 0 Å². The lowest BCUT2D eigenvalue weighted by atomic mass is 9.94. The van der Waals surface area contributed by atoms with Gasteiger partial charge in [-0.15, -0.1) is 0 Å². The minimum Gasteiger partial charge on any atom is -0.508 e. The third kappa shape index (κ3) is 12.7. The van der Waals surface area contributed by atoms with Crippen molar-refractivity contribution in [2.24, 2.45) is 33.7 Å². The molecule has 14 heteroatoms. The number of primary amides is 1. The topological polar surface area (TPSA) is 267 Å². The molecule has 46 heavy (non-hydrogen) atoms. The lowest BCUT2D eigenvalue weighted by molar-refractivity contribution is -0.133. The molecule has 0 saturated carbocycles. The zero-order valence-corrected chi connectivity index (χ0v) is 26.6. The van der Waals surface area contributed by atoms with E-state index in [-0.39, 0.29) is 43.9 Å². The van der Waals surface area contributed by atoms with Crippen LogP contribution < -0.4 is 44.6 Å². The Morgan fingerprint density at radius 3 is 1.93 bits per heavy atom. The van der Waals surface area contributed by atoms with Crippen LogP contribution in [0.5, 0.6) is 5.75 Å². The van der Waals surface area contributed by atoms with Gasteiger partial charge in [0.15, 0.2) is 5.96 Å². The van der Waals surface area contributed by atoms with E-state index in [1.807, 2.05) is 30.3 Å². The highest BCUT2D eigenvalue weighted by Crippen LogP contribution is 2.22. The fourth-order valence-electron chi connectivity index (χ4n) is 5.04. The molecule has 2 rings (SSSR count). The Kier molecular flexibility index (Phi) is 15.5. The molecule has 2 aromatic rings. The molecule has 0 spiro atoms. The third-order valence-electron chi connectivity index (χ3n) is 7.54. The minimum absolute atomic E-state index is 0.0689. The maximum absolute atomic E-state index is 13.8. The molecule has 4 atom stereocenters. The Hall–Kier alpha value is -4.69. The first-order valence-corrected chi connectivity index (χ1v) is 15.4. The second-order valence-electron chi connectivity index (χ2n) is 11.4. The molecule has 0 unspecified atom stereocenters. The number of carbonyl (C=O) groups is 4. The first-order chi connectivity index (χ1) is 21.8. The third-order valence-corrected chi connectivity index (χ3v) is 7.54. The molecular weight excluding hydrogens is 590 g/mol. The number of carbonyl (C=O) groups excluding carboxylic acids is 4. The highest BCUT2D eigenvalue weighted by molar-refractivity contribution is 5.94. The molecule has 0 bridgehead atoms. The van der Waals surface area contributed by atoms with Crippen molar-refractivity contribution >= 4 is 29.6 Å². The summed E-state index contributed by atoms with van der Waals surface area (Å²) < 4.78 is 0. The summed E-state index contributed by atoms with van der Waals surface area (Å²) in [5.74, 6) is -2.55. The van der Waals surface area contributed by atoms with Crippen LogP contribution in [-0.4, -0.2) is 72.0 Å². The van der Waals surface area contributed by atoms with E-state index >= 15 is 0 Å². The maximum atomic E-state index is 13.8. The summed E-state index contributed by atoms with van der Waals surface area (Å²) in [6.07, 6.45) is 2.20. The van der Waals surface area contributed by atoms with Crippen molar-refractivity contribution < 1.29 is 24.3 Å². The smallest absolute Gasteiger partial charge is 0.243 e. The molecule has 0 aliphatic heterocycles. The van der Waals surface area contributed by atoms with Crippen molar-refractivity contribution in [3.63, 3.8) is 0 Å². The van der Waals surface area contributed by atoms with Crippen LogP contribution >= 0.6 is 0 Å². The van der Waals surface area contributed by atoms with E-state index in [0.29, 0.717) is 25.8 Å². The Bertz CT molecular complexity index is 1330. The molecule has 0 aliphatic rings. The van der Waals surface area contributed by atoms with Crippen molar-refractivity contribution in [1.82, 2.24) is 16.0 Å². The molecule has 0 radical (unpaired) electrons. The van der Waals surface area contributed by atoms with Crippen LogP contribution in [0.4, 0.5) is 0 Å². The fourth-order valence-corrected chi connectivity index (χ4v) is 5.04. The number of hydrogen-bond donors (Lipinski definition) is 9. The first kappa shape index (κ1) is 37.5. The zero-order chi connectivity index (χ0) is 34.2. The van der Waals surface area contributed by atoms with Crippen LogP contribution in [0.3, 0.4) is 0 Å². The molecule has 0 aliphatic carbocycles. The Balaban J connectivity index is 2.30. The number of hydrogen-bond acceptors (Lipinski definition) is 8. The summed E-state index contributed by atoms with van der Waals surface area (Å²) >= 11 is 0. The molecular formula is C32H49N9O5. The Labute approximate surface area is 269 Å². The van der Waals surface area contributed by atoms with E-state index in [0.717, 1.165) is 22.3 Å². The molecule has 14 N–H and O–H groups in total. The standard InChI is InChI=1S/C32H49N9O5/c1-19-15-22(42)16-20(2)23(19)18-27(41-29(44)24(34)17-21-9-4-3-5-10-21)31(46)40-26(11-6-7-13-33)30(45)39-25(28(35)43)12-8-14-38-32(36)37/h3-5,9-10,15-16,24-27,42H,6-8,11-14,17-18,33-34H2,1-2H3,(H2,35,43)(H,39,45)(H,40,46)(H,41,44)(H4,36,37,38)/t24-,25+,26-,27-/m0/s1. The number of rotatable bonds is 19. The SMILES string of the molecule is Cc1cc(O)cc(C)c1C[C@H](NC(=O)[C@@H](N)Cc1ccccc1)C(=O)N[C@@H](CCCCN)C(=O)N[C@H](CCCN=C(N)N)C(N)=O. The summed E-state index contributed by atoms with van der Waals surface area (Å²) in [7, 11) is 0. The number of guanidine groups is 1. The van der Waals surface area contributed by atoms with Gasteiger partial charge in [0.05, 0.1) is 6.04 Å². The highest BCUT2D eigenvalue weighted by atomic mass is 16.3. The lowest BCUT2D eigenvalue weighted by Crippen LogP contribution is -2.58. The average Bonchev–Trinajstić information content (AvgIpc) is 2.99. The van der Waals surface area contributed by atoms with Crippen molar-refractivity contribution in [2.45, 2.75) is 83.0 Å². The summed E-state index contributed by atoms with van der Waals surface area (Å²) in [4.78, 5) is 56.5. The maximum Gasteiger partial charge on any atom is 0.243 e. The van der Waals surface area contributed by atoms with E-state index in [4.69, 9.17) is 28.7 Å². The number of phenolic OH excluding ortho intramolecular Hbond substituents is 1. The van der Waals surface area contributed by atoms with Crippen LogP contribution in [0, 0.1) is 13.8 Å². The van der Waals surface area contributed by atoms with Gasteiger partial charge in [0.1, 0.15) is 23.9 Å². The number of nitrogens with one attached hydrogen (secondary N) is 3.